The molecular formula is C25H32N2O3S. The van der Waals surface area contributed by atoms with Crippen molar-refractivity contribution in [2.45, 2.75) is 69.7 Å². The predicted octanol–water partition coefficient (Wildman–Crippen LogP) is 4.54. The van der Waals surface area contributed by atoms with Gasteiger partial charge in [-0.15, -0.1) is 0 Å². The van der Waals surface area contributed by atoms with Crippen molar-refractivity contribution >= 4 is 15.9 Å². The molecule has 0 saturated carbocycles. The summed E-state index contributed by atoms with van der Waals surface area (Å²) in [6.45, 7) is 4.86. The average Bonchev–Trinajstić information content (AvgIpc) is 3.04. The van der Waals surface area contributed by atoms with E-state index in [1.54, 1.807) is 29.4 Å². The van der Waals surface area contributed by atoms with Gasteiger partial charge in [0.1, 0.15) is 0 Å². The van der Waals surface area contributed by atoms with Crippen molar-refractivity contribution in [2.24, 2.45) is 0 Å². The molecule has 1 saturated heterocycles. The third-order valence-corrected chi connectivity index (χ3v) is 8.64. The fourth-order valence-corrected chi connectivity index (χ4v) is 6.43. The highest BCUT2D eigenvalue weighted by Crippen LogP contribution is 2.27. The number of hydrogen-bond donors (Lipinski definition) is 1. The summed E-state index contributed by atoms with van der Waals surface area (Å²) < 4.78 is 28.1. The van der Waals surface area contributed by atoms with Crippen LogP contribution in [0.2, 0.25) is 0 Å². The number of aryl methyl sites for hydroxylation is 3. The fourth-order valence-electron chi connectivity index (χ4n) is 4.66. The maximum absolute atomic E-state index is 13.3. The summed E-state index contributed by atoms with van der Waals surface area (Å²) in [7, 11) is -3.61. The number of nitrogens with zero attached hydrogens (tertiary/aromatic N) is 1. The molecule has 1 aliphatic carbocycles. The molecule has 1 N–H and O–H groups in total. The van der Waals surface area contributed by atoms with Crippen LogP contribution in [0.15, 0.2) is 41.3 Å². The molecule has 2 aromatic carbocycles. The van der Waals surface area contributed by atoms with E-state index in [1.807, 2.05) is 6.92 Å². The summed E-state index contributed by atoms with van der Waals surface area (Å²) in [4.78, 5) is 13.2. The standard InChI is InChI=1S/C25H32N2O3S/c1-18-10-11-23(17-24(18)31(29,30)27-14-5-3-4-6-15-27)25(28)26-19(2)21-13-12-20-8-7-9-22(20)16-21/h10-13,16-17,19H,3-9,14-15H2,1-2H3,(H,26,28)/t19-/m1/s1. The highest BCUT2D eigenvalue weighted by Gasteiger charge is 2.27. The summed E-state index contributed by atoms with van der Waals surface area (Å²) in [5.41, 5.74) is 4.92. The van der Waals surface area contributed by atoms with Crippen molar-refractivity contribution in [1.29, 1.82) is 0 Å². The van der Waals surface area contributed by atoms with Crippen LogP contribution >= 0.6 is 0 Å². The Morgan fingerprint density at radius 1 is 0.935 bits per heavy atom. The number of amides is 1. The molecule has 1 atom stereocenters. The Labute approximate surface area is 185 Å². The molecule has 5 nitrogen and oxygen atoms in total. The SMILES string of the molecule is Cc1ccc(C(=O)N[C@H](C)c2ccc3c(c2)CCC3)cc1S(=O)(=O)N1CCCCCC1. The van der Waals surface area contributed by atoms with Crippen LogP contribution in [0.25, 0.3) is 0 Å². The van der Waals surface area contributed by atoms with Gasteiger partial charge in [-0.05, 0) is 80.3 Å². The summed E-state index contributed by atoms with van der Waals surface area (Å²) in [6.07, 6.45) is 7.32. The van der Waals surface area contributed by atoms with Gasteiger partial charge in [0.2, 0.25) is 10.0 Å². The monoisotopic (exact) mass is 440 g/mol. The maximum Gasteiger partial charge on any atom is 0.251 e. The predicted molar refractivity (Wildman–Crippen MR) is 123 cm³/mol. The Bertz CT molecular complexity index is 1070. The molecule has 6 heteroatoms. The molecule has 1 aliphatic heterocycles. The van der Waals surface area contributed by atoms with Crippen molar-refractivity contribution in [2.75, 3.05) is 13.1 Å². The van der Waals surface area contributed by atoms with Gasteiger partial charge in [0, 0.05) is 18.7 Å². The molecule has 0 radical (unpaired) electrons. The van der Waals surface area contributed by atoms with E-state index in [1.165, 1.54) is 17.5 Å². The number of nitrogens with one attached hydrogen (secondary N) is 1. The number of sulfonamides is 1. The Kier molecular flexibility index (Phi) is 6.49. The number of carbonyl (C=O) groups excluding carboxylic acids is 1. The fraction of sp³-hybridized carbons (Fsp3) is 0.480. The van der Waals surface area contributed by atoms with E-state index in [0.717, 1.165) is 44.1 Å². The number of fused-ring (bicyclic) bond motifs is 1. The van der Waals surface area contributed by atoms with Crippen LogP contribution in [-0.4, -0.2) is 31.7 Å². The molecule has 166 valence electrons. The topological polar surface area (TPSA) is 66.5 Å². The molecule has 0 bridgehead atoms. The van der Waals surface area contributed by atoms with Crippen LogP contribution < -0.4 is 5.32 Å². The van der Waals surface area contributed by atoms with Gasteiger partial charge in [0.05, 0.1) is 10.9 Å². The molecular weight excluding hydrogens is 408 g/mol. The van der Waals surface area contributed by atoms with E-state index >= 15 is 0 Å². The molecule has 0 spiro atoms. The van der Waals surface area contributed by atoms with Gasteiger partial charge in [-0.25, -0.2) is 8.42 Å². The van der Waals surface area contributed by atoms with Crippen LogP contribution in [0.3, 0.4) is 0 Å². The normalized spacial score (nSPS) is 18.3. The minimum Gasteiger partial charge on any atom is -0.346 e. The maximum atomic E-state index is 13.3. The molecule has 4 rings (SSSR count). The first-order valence-electron chi connectivity index (χ1n) is 11.4. The van der Waals surface area contributed by atoms with Crippen LogP contribution in [0.4, 0.5) is 0 Å². The molecule has 1 fully saturated rings. The lowest BCUT2D eigenvalue weighted by atomic mass is 10.0. The molecule has 2 aliphatic rings. The van der Waals surface area contributed by atoms with Crippen LogP contribution in [0, 0.1) is 6.92 Å². The van der Waals surface area contributed by atoms with Gasteiger partial charge >= 0.3 is 0 Å². The third-order valence-electron chi connectivity index (χ3n) is 6.60. The second-order valence-electron chi connectivity index (χ2n) is 8.88. The zero-order valence-electron chi connectivity index (χ0n) is 18.5. The van der Waals surface area contributed by atoms with Gasteiger partial charge in [-0.3, -0.25) is 4.79 Å². The smallest absolute Gasteiger partial charge is 0.251 e. The zero-order valence-corrected chi connectivity index (χ0v) is 19.3. The van der Waals surface area contributed by atoms with Crippen LogP contribution in [-0.2, 0) is 22.9 Å². The highest BCUT2D eigenvalue weighted by atomic mass is 32.2. The lowest BCUT2D eigenvalue weighted by molar-refractivity contribution is 0.0939. The second kappa shape index (κ2) is 9.13. The van der Waals surface area contributed by atoms with Crippen LogP contribution in [0.1, 0.15) is 77.7 Å². The molecule has 2 aromatic rings. The van der Waals surface area contributed by atoms with E-state index < -0.39 is 10.0 Å². The van der Waals surface area contributed by atoms with Crippen molar-refractivity contribution < 1.29 is 13.2 Å². The first-order chi connectivity index (χ1) is 14.9. The summed E-state index contributed by atoms with van der Waals surface area (Å²) in [5.74, 6) is -0.250. The van der Waals surface area contributed by atoms with E-state index in [9.17, 15) is 13.2 Å². The molecule has 1 amide bonds. The second-order valence-corrected chi connectivity index (χ2v) is 10.8. The van der Waals surface area contributed by atoms with E-state index in [-0.39, 0.29) is 16.8 Å². The molecule has 0 aromatic heterocycles. The van der Waals surface area contributed by atoms with Crippen molar-refractivity contribution in [3.05, 3.63) is 64.2 Å². The Morgan fingerprint density at radius 3 is 2.39 bits per heavy atom. The van der Waals surface area contributed by atoms with Crippen molar-refractivity contribution in [3.8, 4) is 0 Å². The number of hydrogen-bond acceptors (Lipinski definition) is 3. The van der Waals surface area contributed by atoms with Crippen LogP contribution in [0.5, 0.6) is 0 Å². The quantitative estimate of drug-likeness (QED) is 0.742. The molecule has 0 unspecified atom stereocenters. The number of benzene rings is 2. The average molecular weight is 441 g/mol. The van der Waals surface area contributed by atoms with Crippen molar-refractivity contribution in [3.63, 3.8) is 0 Å². The summed E-state index contributed by atoms with van der Waals surface area (Å²) in [5, 5.41) is 3.04. The first kappa shape index (κ1) is 22.0. The summed E-state index contributed by atoms with van der Waals surface area (Å²) >= 11 is 0. The lowest BCUT2D eigenvalue weighted by Gasteiger charge is -2.22. The lowest BCUT2D eigenvalue weighted by Crippen LogP contribution is -2.33. The summed E-state index contributed by atoms with van der Waals surface area (Å²) in [6, 6.07) is 11.3. The highest BCUT2D eigenvalue weighted by molar-refractivity contribution is 7.89. The first-order valence-corrected chi connectivity index (χ1v) is 12.8. The van der Waals surface area contributed by atoms with Gasteiger partial charge in [-0.1, -0.05) is 37.1 Å². The Balaban J connectivity index is 1.54. The van der Waals surface area contributed by atoms with E-state index in [4.69, 9.17) is 0 Å². The number of carbonyl (C=O) groups is 1. The molecule has 31 heavy (non-hydrogen) atoms. The number of rotatable bonds is 5. The largest absolute Gasteiger partial charge is 0.346 e. The zero-order chi connectivity index (χ0) is 22.0. The Morgan fingerprint density at radius 2 is 1.65 bits per heavy atom. The minimum atomic E-state index is -3.61. The molecule has 1 heterocycles. The van der Waals surface area contributed by atoms with E-state index in [0.29, 0.717) is 24.2 Å². The minimum absolute atomic E-state index is 0.148. The van der Waals surface area contributed by atoms with Gasteiger partial charge < -0.3 is 5.32 Å². The van der Waals surface area contributed by atoms with Gasteiger partial charge in [-0.2, -0.15) is 4.31 Å². The van der Waals surface area contributed by atoms with E-state index in [2.05, 4.69) is 23.5 Å². The van der Waals surface area contributed by atoms with Gasteiger partial charge in [0.25, 0.3) is 5.91 Å². The third kappa shape index (κ3) is 4.70. The van der Waals surface area contributed by atoms with Gasteiger partial charge in [0.15, 0.2) is 0 Å². The van der Waals surface area contributed by atoms with Crippen molar-refractivity contribution in [1.82, 2.24) is 9.62 Å². The Hall–Kier alpha value is -2.18.